The highest BCUT2D eigenvalue weighted by Crippen LogP contribution is 2.26. The van der Waals surface area contributed by atoms with Crippen LogP contribution >= 0.6 is 0 Å². The zero-order chi connectivity index (χ0) is 22.0. The molecule has 1 aliphatic rings. The first-order valence-corrected chi connectivity index (χ1v) is 12.3. The highest BCUT2D eigenvalue weighted by Gasteiger charge is 2.34. The van der Waals surface area contributed by atoms with Crippen molar-refractivity contribution in [1.82, 2.24) is 4.90 Å². The van der Waals surface area contributed by atoms with Crippen molar-refractivity contribution < 1.29 is 22.4 Å². The minimum Gasteiger partial charge on any atom is -0.497 e. The van der Waals surface area contributed by atoms with Crippen molar-refractivity contribution in [2.45, 2.75) is 38.8 Å². The lowest BCUT2D eigenvalue weighted by atomic mass is 10.0. The fourth-order valence-corrected chi connectivity index (χ4v) is 5.85. The summed E-state index contributed by atoms with van der Waals surface area (Å²) in [5.74, 6) is 0.781. The SMILES string of the molecule is CCc1ccc2occ(CC(=O)N(Cc3ccc(OC)cc3)[C@@H]3CCS(=O)(=O)C3)c2c1. The van der Waals surface area contributed by atoms with Gasteiger partial charge in [-0.15, -0.1) is 0 Å². The van der Waals surface area contributed by atoms with E-state index in [2.05, 4.69) is 13.0 Å². The molecule has 7 heteroatoms. The Hall–Kier alpha value is -2.80. The standard InChI is InChI=1S/C24H27NO5S/c1-3-17-6-9-23-22(12-17)19(15-30-23)13-24(26)25(20-10-11-31(27,28)16-20)14-18-4-7-21(29-2)8-5-18/h4-9,12,15,20H,3,10-11,13-14,16H2,1-2H3/t20-/m1/s1. The second-order valence-corrected chi connectivity index (χ2v) is 10.3. The fraction of sp³-hybridized carbons (Fsp3) is 0.375. The van der Waals surface area contributed by atoms with Gasteiger partial charge in [-0.1, -0.05) is 25.1 Å². The molecular formula is C24H27NO5S. The highest BCUT2D eigenvalue weighted by atomic mass is 32.2. The lowest BCUT2D eigenvalue weighted by Crippen LogP contribution is -2.41. The minimum absolute atomic E-state index is 0.0149. The lowest BCUT2D eigenvalue weighted by Gasteiger charge is -2.28. The number of fused-ring (bicyclic) bond motifs is 1. The Bertz CT molecular complexity index is 1180. The van der Waals surface area contributed by atoms with Gasteiger partial charge < -0.3 is 14.1 Å². The normalized spacial score (nSPS) is 17.7. The van der Waals surface area contributed by atoms with E-state index >= 15 is 0 Å². The van der Waals surface area contributed by atoms with E-state index in [0.717, 1.165) is 34.3 Å². The van der Waals surface area contributed by atoms with Crippen LogP contribution in [0.4, 0.5) is 0 Å². The van der Waals surface area contributed by atoms with Gasteiger partial charge in [0.25, 0.3) is 0 Å². The van der Waals surface area contributed by atoms with Gasteiger partial charge in [0.2, 0.25) is 5.91 Å². The topological polar surface area (TPSA) is 76.8 Å². The highest BCUT2D eigenvalue weighted by molar-refractivity contribution is 7.91. The summed E-state index contributed by atoms with van der Waals surface area (Å²) in [5, 5.41) is 0.941. The van der Waals surface area contributed by atoms with Crippen LogP contribution in [-0.4, -0.2) is 43.9 Å². The second-order valence-electron chi connectivity index (χ2n) is 8.05. The number of amides is 1. The van der Waals surface area contributed by atoms with Gasteiger partial charge in [0.05, 0.1) is 31.3 Å². The number of hydrogen-bond donors (Lipinski definition) is 0. The Balaban J connectivity index is 1.60. The van der Waals surface area contributed by atoms with Gasteiger partial charge in [0, 0.05) is 23.5 Å². The average molecular weight is 442 g/mol. The van der Waals surface area contributed by atoms with Crippen molar-refractivity contribution in [1.29, 1.82) is 0 Å². The number of carbonyl (C=O) groups excluding carboxylic acids is 1. The predicted molar refractivity (Wildman–Crippen MR) is 120 cm³/mol. The van der Waals surface area contributed by atoms with Gasteiger partial charge in [0.15, 0.2) is 9.84 Å². The number of sulfone groups is 1. The van der Waals surface area contributed by atoms with Gasteiger partial charge in [0.1, 0.15) is 11.3 Å². The van der Waals surface area contributed by atoms with E-state index in [0.29, 0.717) is 13.0 Å². The third-order valence-electron chi connectivity index (χ3n) is 5.95. The van der Waals surface area contributed by atoms with Crippen molar-refractivity contribution in [2.75, 3.05) is 18.6 Å². The first-order valence-electron chi connectivity index (χ1n) is 10.5. The quantitative estimate of drug-likeness (QED) is 0.558. The molecule has 0 radical (unpaired) electrons. The van der Waals surface area contributed by atoms with Crippen LogP contribution in [0.15, 0.2) is 53.1 Å². The smallest absolute Gasteiger partial charge is 0.227 e. The van der Waals surface area contributed by atoms with Crippen molar-refractivity contribution in [3.63, 3.8) is 0 Å². The molecule has 1 amide bonds. The van der Waals surface area contributed by atoms with E-state index in [-0.39, 0.29) is 29.9 Å². The van der Waals surface area contributed by atoms with E-state index in [4.69, 9.17) is 9.15 Å². The van der Waals surface area contributed by atoms with E-state index in [9.17, 15) is 13.2 Å². The van der Waals surface area contributed by atoms with Crippen LogP contribution < -0.4 is 4.74 Å². The Morgan fingerprint density at radius 2 is 1.90 bits per heavy atom. The maximum Gasteiger partial charge on any atom is 0.227 e. The monoisotopic (exact) mass is 441 g/mol. The van der Waals surface area contributed by atoms with Crippen molar-refractivity contribution in [2.24, 2.45) is 0 Å². The first kappa shape index (κ1) is 21.4. The third kappa shape index (κ3) is 4.77. The number of furan rings is 1. The average Bonchev–Trinajstić information content (AvgIpc) is 3.34. The van der Waals surface area contributed by atoms with Crippen LogP contribution in [-0.2, 0) is 34.0 Å². The Kier molecular flexibility index (Phi) is 6.05. The van der Waals surface area contributed by atoms with Crippen molar-refractivity contribution in [3.8, 4) is 5.75 Å². The summed E-state index contributed by atoms with van der Waals surface area (Å²) in [6, 6.07) is 13.2. The Morgan fingerprint density at radius 3 is 2.55 bits per heavy atom. The Morgan fingerprint density at radius 1 is 1.16 bits per heavy atom. The maximum absolute atomic E-state index is 13.4. The zero-order valence-electron chi connectivity index (χ0n) is 17.8. The van der Waals surface area contributed by atoms with Crippen molar-refractivity contribution >= 4 is 26.7 Å². The van der Waals surface area contributed by atoms with Crippen LogP contribution in [0.25, 0.3) is 11.0 Å². The molecule has 0 unspecified atom stereocenters. The molecule has 2 aromatic carbocycles. The molecular weight excluding hydrogens is 414 g/mol. The molecule has 1 fully saturated rings. The van der Waals surface area contributed by atoms with Crippen LogP contribution in [0, 0.1) is 0 Å². The molecule has 0 aliphatic carbocycles. The molecule has 0 N–H and O–H groups in total. The molecule has 31 heavy (non-hydrogen) atoms. The number of nitrogens with zero attached hydrogens (tertiary/aromatic N) is 1. The van der Waals surface area contributed by atoms with Crippen LogP contribution in [0.3, 0.4) is 0 Å². The molecule has 6 nitrogen and oxygen atoms in total. The van der Waals surface area contributed by atoms with E-state index < -0.39 is 9.84 Å². The fourth-order valence-electron chi connectivity index (χ4n) is 4.12. The second kappa shape index (κ2) is 8.75. The number of methoxy groups -OCH3 is 1. The zero-order valence-corrected chi connectivity index (χ0v) is 18.7. The molecule has 3 aromatic rings. The Labute approximate surface area is 182 Å². The minimum atomic E-state index is -3.12. The summed E-state index contributed by atoms with van der Waals surface area (Å²) >= 11 is 0. The number of aryl methyl sites for hydroxylation is 1. The van der Waals surface area contributed by atoms with Crippen molar-refractivity contribution in [3.05, 3.63) is 65.4 Å². The number of benzene rings is 2. The molecule has 164 valence electrons. The number of rotatable bonds is 7. The van der Waals surface area contributed by atoms with Gasteiger partial charge in [-0.05, 0) is 48.2 Å². The number of hydrogen-bond acceptors (Lipinski definition) is 5. The maximum atomic E-state index is 13.4. The summed E-state index contributed by atoms with van der Waals surface area (Å²) in [6.07, 6.45) is 3.18. The lowest BCUT2D eigenvalue weighted by molar-refractivity contribution is -0.133. The largest absolute Gasteiger partial charge is 0.497 e. The molecule has 4 rings (SSSR count). The van der Waals surface area contributed by atoms with Gasteiger partial charge in [-0.25, -0.2) is 8.42 Å². The molecule has 0 bridgehead atoms. The van der Waals surface area contributed by atoms with E-state index in [1.165, 1.54) is 5.56 Å². The van der Waals surface area contributed by atoms with Gasteiger partial charge >= 0.3 is 0 Å². The number of ether oxygens (including phenoxy) is 1. The molecule has 1 atom stereocenters. The van der Waals surface area contributed by atoms with Gasteiger partial charge in [-0.2, -0.15) is 0 Å². The van der Waals surface area contributed by atoms with Crippen LogP contribution in [0.1, 0.15) is 30.0 Å². The van der Waals surface area contributed by atoms with E-state index in [1.54, 1.807) is 18.3 Å². The first-order chi connectivity index (χ1) is 14.9. The van der Waals surface area contributed by atoms with Crippen LogP contribution in [0.2, 0.25) is 0 Å². The van der Waals surface area contributed by atoms with Crippen LogP contribution in [0.5, 0.6) is 5.75 Å². The summed E-state index contributed by atoms with van der Waals surface area (Å²) in [6.45, 7) is 2.45. The molecule has 0 spiro atoms. The molecule has 1 aliphatic heterocycles. The summed E-state index contributed by atoms with van der Waals surface area (Å²) < 4.78 is 35.1. The number of carbonyl (C=O) groups is 1. The molecule has 1 saturated heterocycles. The third-order valence-corrected chi connectivity index (χ3v) is 7.70. The summed E-state index contributed by atoms with van der Waals surface area (Å²) in [5.41, 5.74) is 3.70. The molecule has 1 aromatic heterocycles. The van der Waals surface area contributed by atoms with Gasteiger partial charge in [-0.3, -0.25) is 4.79 Å². The molecule has 2 heterocycles. The van der Waals surface area contributed by atoms with E-state index in [1.807, 2.05) is 36.4 Å². The predicted octanol–water partition coefficient (Wildman–Crippen LogP) is 3.76. The molecule has 0 saturated carbocycles. The summed E-state index contributed by atoms with van der Waals surface area (Å²) in [7, 11) is -1.51. The summed E-state index contributed by atoms with van der Waals surface area (Å²) in [4.78, 5) is 15.1.